The fourth-order valence-corrected chi connectivity index (χ4v) is 3.06. The van der Waals surface area contributed by atoms with E-state index in [1.165, 1.54) is 20.0 Å². The summed E-state index contributed by atoms with van der Waals surface area (Å²) in [4.78, 5) is 2.31. The number of rotatable bonds is 5. The summed E-state index contributed by atoms with van der Waals surface area (Å²) in [5.41, 5.74) is 6.59. The number of piperidine rings is 1. The first kappa shape index (κ1) is 15.3. The highest BCUT2D eigenvalue weighted by Gasteiger charge is 2.27. The number of likely N-dealkylation sites (tertiary alicyclic amines) is 1. The minimum atomic E-state index is -0.247. The van der Waals surface area contributed by atoms with E-state index in [2.05, 4.69) is 11.8 Å². The number of hydrogen-bond acceptors (Lipinski definition) is 3. The molecule has 0 radical (unpaired) electrons. The predicted octanol–water partition coefficient (Wildman–Crippen LogP) is 2.78. The van der Waals surface area contributed by atoms with Crippen LogP contribution in [0.25, 0.3) is 0 Å². The second-order valence-electron chi connectivity index (χ2n) is 5.59. The van der Waals surface area contributed by atoms with Crippen LogP contribution in [0, 0.1) is 11.7 Å². The zero-order valence-electron chi connectivity index (χ0n) is 12.4. The van der Waals surface area contributed by atoms with Crippen molar-refractivity contribution in [2.24, 2.45) is 11.7 Å². The minimum absolute atomic E-state index is 0.247. The number of hydrogen-bond donors (Lipinski definition) is 1. The van der Waals surface area contributed by atoms with Crippen molar-refractivity contribution >= 4 is 0 Å². The number of nitrogens with zero attached hydrogens (tertiary/aromatic N) is 1. The second kappa shape index (κ2) is 7.04. The fourth-order valence-electron chi connectivity index (χ4n) is 3.06. The first-order valence-corrected chi connectivity index (χ1v) is 7.45. The maximum absolute atomic E-state index is 14.2. The summed E-state index contributed by atoms with van der Waals surface area (Å²) in [7, 11) is 1.50. The van der Waals surface area contributed by atoms with E-state index < -0.39 is 0 Å². The maximum atomic E-state index is 14.2. The van der Waals surface area contributed by atoms with Crippen molar-refractivity contribution < 1.29 is 9.13 Å². The Morgan fingerprint density at radius 2 is 2.25 bits per heavy atom. The van der Waals surface area contributed by atoms with Gasteiger partial charge in [0.2, 0.25) is 0 Å². The molecule has 0 amide bonds. The third-order valence-electron chi connectivity index (χ3n) is 4.43. The smallest absolute Gasteiger partial charge is 0.169 e. The molecule has 4 heteroatoms. The van der Waals surface area contributed by atoms with Crippen LogP contribution in [0.2, 0.25) is 0 Å². The number of methoxy groups -OCH3 is 1. The molecule has 20 heavy (non-hydrogen) atoms. The van der Waals surface area contributed by atoms with E-state index in [0.29, 0.717) is 30.4 Å². The average Bonchev–Trinajstić information content (AvgIpc) is 2.49. The lowest BCUT2D eigenvalue weighted by Gasteiger charge is -2.39. The summed E-state index contributed by atoms with van der Waals surface area (Å²) >= 11 is 0. The third kappa shape index (κ3) is 3.30. The molecule has 0 spiro atoms. The summed E-state index contributed by atoms with van der Waals surface area (Å²) in [6.45, 7) is 4.48. The Morgan fingerprint density at radius 1 is 1.45 bits per heavy atom. The molecule has 1 aliphatic heterocycles. The Hall–Kier alpha value is -1.13. The number of halogens is 1. The Labute approximate surface area is 120 Å². The van der Waals surface area contributed by atoms with Crippen LogP contribution in [-0.4, -0.2) is 31.1 Å². The summed E-state index contributed by atoms with van der Waals surface area (Å²) in [5, 5.41) is 0. The van der Waals surface area contributed by atoms with Crippen molar-refractivity contribution in [3.8, 4) is 5.75 Å². The Balaban J connectivity index is 2.09. The van der Waals surface area contributed by atoms with Gasteiger partial charge in [-0.2, -0.15) is 0 Å². The van der Waals surface area contributed by atoms with Crippen molar-refractivity contribution in [1.29, 1.82) is 0 Å². The first-order valence-electron chi connectivity index (χ1n) is 7.45. The van der Waals surface area contributed by atoms with Crippen LogP contribution in [0.4, 0.5) is 4.39 Å². The number of nitrogens with two attached hydrogens (primary N) is 1. The van der Waals surface area contributed by atoms with Crippen molar-refractivity contribution in [1.82, 2.24) is 4.90 Å². The molecule has 1 saturated heterocycles. The molecule has 0 aromatic heterocycles. The molecule has 112 valence electrons. The summed E-state index contributed by atoms with van der Waals surface area (Å²) in [6, 6.07) is 5.69. The van der Waals surface area contributed by atoms with E-state index in [9.17, 15) is 4.39 Å². The molecule has 2 N–H and O–H groups in total. The van der Waals surface area contributed by atoms with Gasteiger partial charge in [0.1, 0.15) is 0 Å². The molecular weight excluding hydrogens is 255 g/mol. The quantitative estimate of drug-likeness (QED) is 0.901. The molecular formula is C16H25FN2O. The average molecular weight is 280 g/mol. The number of benzene rings is 1. The molecule has 2 rings (SSSR count). The minimum Gasteiger partial charge on any atom is -0.494 e. The van der Waals surface area contributed by atoms with Crippen LogP contribution in [0.15, 0.2) is 18.2 Å². The zero-order valence-corrected chi connectivity index (χ0v) is 12.4. The topological polar surface area (TPSA) is 38.5 Å². The molecule has 1 fully saturated rings. The molecule has 2 unspecified atom stereocenters. The monoisotopic (exact) mass is 280 g/mol. The number of ether oxygens (including phenoxy) is 1. The van der Waals surface area contributed by atoms with E-state index in [0.717, 1.165) is 18.9 Å². The Kier molecular flexibility index (Phi) is 5.38. The lowest BCUT2D eigenvalue weighted by molar-refractivity contribution is 0.106. The summed E-state index contributed by atoms with van der Waals surface area (Å²) in [5.74, 6) is 0.827. The molecule has 3 nitrogen and oxygen atoms in total. The van der Waals surface area contributed by atoms with Gasteiger partial charge in [-0.1, -0.05) is 25.5 Å². The van der Waals surface area contributed by atoms with Gasteiger partial charge >= 0.3 is 0 Å². The van der Waals surface area contributed by atoms with E-state index in [1.54, 1.807) is 6.07 Å². The van der Waals surface area contributed by atoms with Crippen molar-refractivity contribution in [2.45, 2.75) is 38.8 Å². The molecule has 0 saturated carbocycles. The van der Waals surface area contributed by atoms with Gasteiger partial charge in [0.25, 0.3) is 0 Å². The van der Waals surface area contributed by atoms with Crippen LogP contribution in [0.5, 0.6) is 5.75 Å². The largest absolute Gasteiger partial charge is 0.494 e. The summed E-state index contributed by atoms with van der Waals surface area (Å²) in [6.07, 6.45) is 3.51. The van der Waals surface area contributed by atoms with Gasteiger partial charge in [0.15, 0.2) is 11.6 Å². The van der Waals surface area contributed by atoms with E-state index in [4.69, 9.17) is 10.5 Å². The lowest BCUT2D eigenvalue weighted by Crippen LogP contribution is -2.46. The molecule has 1 aromatic carbocycles. The van der Waals surface area contributed by atoms with Gasteiger partial charge < -0.3 is 10.5 Å². The molecule has 0 bridgehead atoms. The van der Waals surface area contributed by atoms with Crippen molar-refractivity contribution in [2.75, 3.05) is 20.2 Å². The third-order valence-corrected chi connectivity index (χ3v) is 4.43. The SMILES string of the molecule is CCC1CCN(Cc2cccc(OC)c2F)C(CN)C1. The van der Waals surface area contributed by atoms with Crippen LogP contribution in [0.3, 0.4) is 0 Å². The van der Waals surface area contributed by atoms with E-state index in [-0.39, 0.29) is 5.82 Å². The first-order chi connectivity index (χ1) is 9.69. The summed E-state index contributed by atoms with van der Waals surface area (Å²) < 4.78 is 19.3. The van der Waals surface area contributed by atoms with Crippen LogP contribution < -0.4 is 10.5 Å². The lowest BCUT2D eigenvalue weighted by atomic mass is 9.88. The predicted molar refractivity (Wildman–Crippen MR) is 79.2 cm³/mol. The zero-order chi connectivity index (χ0) is 14.5. The van der Waals surface area contributed by atoms with Gasteiger partial charge in [-0.25, -0.2) is 4.39 Å². The fraction of sp³-hybridized carbons (Fsp3) is 0.625. The van der Waals surface area contributed by atoms with Gasteiger partial charge in [-0.3, -0.25) is 4.90 Å². The van der Waals surface area contributed by atoms with Crippen molar-refractivity contribution in [3.05, 3.63) is 29.6 Å². The molecule has 1 aromatic rings. The van der Waals surface area contributed by atoms with E-state index in [1.807, 2.05) is 12.1 Å². The van der Waals surface area contributed by atoms with Gasteiger partial charge in [0.05, 0.1) is 7.11 Å². The molecule has 2 atom stereocenters. The molecule has 1 aliphatic rings. The molecule has 1 heterocycles. The van der Waals surface area contributed by atoms with Crippen LogP contribution >= 0.6 is 0 Å². The Morgan fingerprint density at radius 3 is 2.90 bits per heavy atom. The van der Waals surface area contributed by atoms with Crippen LogP contribution in [0.1, 0.15) is 31.7 Å². The van der Waals surface area contributed by atoms with Crippen molar-refractivity contribution in [3.63, 3.8) is 0 Å². The highest BCUT2D eigenvalue weighted by atomic mass is 19.1. The second-order valence-corrected chi connectivity index (χ2v) is 5.59. The normalized spacial score (nSPS) is 23.8. The highest BCUT2D eigenvalue weighted by Crippen LogP contribution is 2.28. The van der Waals surface area contributed by atoms with Gasteiger partial charge in [-0.15, -0.1) is 0 Å². The standard InChI is InChI=1S/C16H25FN2O/c1-3-12-7-8-19(14(9-12)10-18)11-13-5-4-6-15(20-2)16(13)17/h4-6,12,14H,3,7-11,18H2,1-2H3. The molecule has 0 aliphatic carbocycles. The Bertz CT molecular complexity index is 438. The van der Waals surface area contributed by atoms with Gasteiger partial charge in [-0.05, 0) is 31.4 Å². The van der Waals surface area contributed by atoms with Gasteiger partial charge in [0, 0.05) is 24.7 Å². The maximum Gasteiger partial charge on any atom is 0.169 e. The van der Waals surface area contributed by atoms with E-state index >= 15 is 0 Å². The highest BCUT2D eigenvalue weighted by molar-refractivity contribution is 5.31. The van der Waals surface area contributed by atoms with Crippen LogP contribution in [-0.2, 0) is 6.54 Å².